The maximum atomic E-state index is 11.0. The molecule has 1 fully saturated rings. The highest BCUT2D eigenvalue weighted by molar-refractivity contribution is 5.75. The molecule has 1 aromatic carbocycles. The Bertz CT molecular complexity index is 472. The van der Waals surface area contributed by atoms with Crippen molar-refractivity contribution < 1.29 is 9.90 Å². The minimum Gasteiger partial charge on any atom is -0.481 e. The van der Waals surface area contributed by atoms with Crippen LogP contribution in [0.3, 0.4) is 0 Å². The molecule has 0 saturated carbocycles. The third kappa shape index (κ3) is 4.29. The van der Waals surface area contributed by atoms with Crippen LogP contribution in [-0.2, 0) is 11.3 Å². The Morgan fingerprint density at radius 1 is 1.33 bits per heavy atom. The van der Waals surface area contributed by atoms with Crippen molar-refractivity contribution in [3.63, 3.8) is 0 Å². The van der Waals surface area contributed by atoms with Crippen molar-refractivity contribution in [3.05, 3.63) is 35.4 Å². The van der Waals surface area contributed by atoms with Crippen molar-refractivity contribution in [2.75, 3.05) is 26.7 Å². The molecule has 116 valence electrons. The number of rotatable bonds is 4. The summed E-state index contributed by atoms with van der Waals surface area (Å²) in [5, 5.41) is 9.04. The minimum atomic E-state index is -0.771. The summed E-state index contributed by atoms with van der Waals surface area (Å²) in [7, 11) is 2.18. The lowest BCUT2D eigenvalue weighted by atomic mass is 10.00. The average molecular weight is 290 g/mol. The predicted molar refractivity (Wildman–Crippen MR) is 84.5 cm³/mol. The Labute approximate surface area is 127 Å². The molecule has 0 spiro atoms. The lowest BCUT2D eigenvalue weighted by Gasteiger charge is -2.28. The van der Waals surface area contributed by atoms with Gasteiger partial charge in [0.15, 0.2) is 0 Å². The Balaban J connectivity index is 2.01. The fraction of sp³-hybridized carbons (Fsp3) is 0.588. The number of carboxylic acid groups (broad SMARTS) is 1. The van der Waals surface area contributed by atoms with E-state index in [-0.39, 0.29) is 0 Å². The van der Waals surface area contributed by atoms with Crippen LogP contribution in [0.15, 0.2) is 24.3 Å². The first-order chi connectivity index (χ1) is 9.97. The van der Waals surface area contributed by atoms with Crippen LogP contribution in [0, 0.1) is 0 Å². The van der Waals surface area contributed by atoms with Gasteiger partial charge in [0.25, 0.3) is 0 Å². The van der Waals surface area contributed by atoms with Gasteiger partial charge in [-0.05, 0) is 45.0 Å². The van der Waals surface area contributed by atoms with Crippen molar-refractivity contribution in [2.24, 2.45) is 0 Å². The number of carbonyl (C=O) groups is 1. The van der Waals surface area contributed by atoms with Gasteiger partial charge in [0, 0.05) is 25.7 Å². The molecule has 2 unspecified atom stereocenters. The van der Waals surface area contributed by atoms with E-state index in [2.05, 4.69) is 35.9 Å². The van der Waals surface area contributed by atoms with E-state index in [9.17, 15) is 4.79 Å². The molecule has 4 heteroatoms. The van der Waals surface area contributed by atoms with Gasteiger partial charge in [-0.2, -0.15) is 0 Å². The molecule has 1 heterocycles. The van der Waals surface area contributed by atoms with E-state index in [1.165, 1.54) is 12.0 Å². The molecule has 2 rings (SSSR count). The first kappa shape index (κ1) is 16.0. The van der Waals surface area contributed by atoms with Crippen molar-refractivity contribution in [3.8, 4) is 0 Å². The Morgan fingerprint density at radius 3 is 2.62 bits per heavy atom. The number of nitrogens with zero attached hydrogens (tertiary/aromatic N) is 2. The summed E-state index contributed by atoms with van der Waals surface area (Å²) in [5.74, 6) is -1.21. The monoisotopic (exact) mass is 290 g/mol. The van der Waals surface area contributed by atoms with Gasteiger partial charge in [-0.3, -0.25) is 9.69 Å². The Morgan fingerprint density at radius 2 is 2.00 bits per heavy atom. The summed E-state index contributed by atoms with van der Waals surface area (Å²) < 4.78 is 0. The molecule has 21 heavy (non-hydrogen) atoms. The molecule has 1 aromatic rings. The fourth-order valence-electron chi connectivity index (χ4n) is 2.95. The van der Waals surface area contributed by atoms with E-state index in [1.807, 2.05) is 12.1 Å². The standard InChI is InChI=1S/C17H26N2O2/c1-13-11-18(3)9-4-10-19(13)12-15-5-7-16(8-6-15)14(2)17(20)21/h5-8,13-14H,4,9-12H2,1-3H3,(H,20,21). The molecule has 0 aliphatic carbocycles. The third-order valence-corrected chi connectivity index (χ3v) is 4.42. The van der Waals surface area contributed by atoms with Crippen LogP contribution in [0.5, 0.6) is 0 Å². The number of likely N-dealkylation sites (N-methyl/N-ethyl adjacent to an activating group) is 1. The van der Waals surface area contributed by atoms with Crippen molar-refractivity contribution in [1.82, 2.24) is 9.80 Å². The van der Waals surface area contributed by atoms with Crippen LogP contribution in [0.4, 0.5) is 0 Å². The summed E-state index contributed by atoms with van der Waals surface area (Å²) in [5.41, 5.74) is 2.13. The van der Waals surface area contributed by atoms with Crippen LogP contribution in [0.2, 0.25) is 0 Å². The first-order valence-electron chi connectivity index (χ1n) is 7.71. The highest BCUT2D eigenvalue weighted by Gasteiger charge is 2.20. The van der Waals surface area contributed by atoms with Crippen molar-refractivity contribution in [2.45, 2.75) is 38.8 Å². The number of benzene rings is 1. The fourth-order valence-corrected chi connectivity index (χ4v) is 2.95. The number of hydrogen-bond acceptors (Lipinski definition) is 3. The second kappa shape index (κ2) is 7.05. The molecule has 0 amide bonds. The van der Waals surface area contributed by atoms with E-state index in [0.29, 0.717) is 6.04 Å². The minimum absolute atomic E-state index is 0.440. The summed E-state index contributed by atoms with van der Waals surface area (Å²) in [6, 6.07) is 8.58. The number of hydrogen-bond donors (Lipinski definition) is 1. The van der Waals surface area contributed by atoms with Gasteiger partial charge in [-0.1, -0.05) is 24.3 Å². The lowest BCUT2D eigenvalue weighted by Crippen LogP contribution is -2.37. The quantitative estimate of drug-likeness (QED) is 0.925. The Kier molecular flexibility index (Phi) is 5.37. The molecule has 4 nitrogen and oxygen atoms in total. The van der Waals surface area contributed by atoms with Gasteiger partial charge in [0.1, 0.15) is 0 Å². The number of aliphatic carboxylic acids is 1. The van der Waals surface area contributed by atoms with Gasteiger partial charge in [-0.15, -0.1) is 0 Å². The zero-order valence-corrected chi connectivity index (χ0v) is 13.2. The lowest BCUT2D eigenvalue weighted by molar-refractivity contribution is -0.138. The molecule has 1 saturated heterocycles. The van der Waals surface area contributed by atoms with E-state index < -0.39 is 11.9 Å². The normalized spacial score (nSPS) is 22.7. The third-order valence-electron chi connectivity index (χ3n) is 4.42. The van der Waals surface area contributed by atoms with E-state index in [4.69, 9.17) is 5.11 Å². The molecule has 2 atom stereocenters. The zero-order chi connectivity index (χ0) is 15.4. The van der Waals surface area contributed by atoms with E-state index in [1.54, 1.807) is 6.92 Å². The highest BCUT2D eigenvalue weighted by atomic mass is 16.4. The van der Waals surface area contributed by atoms with Gasteiger partial charge in [0.05, 0.1) is 5.92 Å². The van der Waals surface area contributed by atoms with Crippen LogP contribution in [-0.4, -0.2) is 53.6 Å². The van der Waals surface area contributed by atoms with Crippen LogP contribution in [0.25, 0.3) is 0 Å². The topological polar surface area (TPSA) is 43.8 Å². The largest absolute Gasteiger partial charge is 0.481 e. The summed E-state index contributed by atoms with van der Waals surface area (Å²) in [4.78, 5) is 15.9. The second-order valence-corrected chi connectivity index (χ2v) is 6.24. The first-order valence-corrected chi connectivity index (χ1v) is 7.71. The van der Waals surface area contributed by atoms with Crippen molar-refractivity contribution in [1.29, 1.82) is 0 Å². The van der Waals surface area contributed by atoms with Gasteiger partial charge in [0.2, 0.25) is 0 Å². The maximum absolute atomic E-state index is 11.0. The smallest absolute Gasteiger partial charge is 0.310 e. The molecule has 1 aliphatic rings. The molecule has 0 bridgehead atoms. The van der Waals surface area contributed by atoms with Gasteiger partial charge in [-0.25, -0.2) is 0 Å². The summed E-state index contributed by atoms with van der Waals surface area (Å²) in [6.45, 7) is 8.34. The molecule has 0 radical (unpaired) electrons. The molecule has 1 N–H and O–H groups in total. The van der Waals surface area contributed by atoms with Crippen LogP contribution >= 0.6 is 0 Å². The Hall–Kier alpha value is -1.39. The predicted octanol–water partition coefficient (Wildman–Crippen LogP) is 2.40. The van der Waals surface area contributed by atoms with Crippen LogP contribution < -0.4 is 0 Å². The number of carboxylic acids is 1. The van der Waals surface area contributed by atoms with E-state index >= 15 is 0 Å². The molecule has 0 aromatic heterocycles. The summed E-state index contributed by atoms with van der Waals surface area (Å²) in [6.07, 6.45) is 1.20. The SMILES string of the molecule is CC(C(=O)O)c1ccc(CN2CCCN(C)CC2C)cc1. The van der Waals surface area contributed by atoms with Crippen LogP contribution in [0.1, 0.15) is 37.3 Å². The van der Waals surface area contributed by atoms with Crippen molar-refractivity contribution >= 4 is 5.97 Å². The van der Waals surface area contributed by atoms with E-state index in [0.717, 1.165) is 31.7 Å². The average Bonchev–Trinajstić information content (AvgIpc) is 2.60. The summed E-state index contributed by atoms with van der Waals surface area (Å²) >= 11 is 0. The van der Waals surface area contributed by atoms with Gasteiger partial charge < -0.3 is 10.0 Å². The molecule has 1 aliphatic heterocycles. The van der Waals surface area contributed by atoms with Gasteiger partial charge >= 0.3 is 5.97 Å². The second-order valence-electron chi connectivity index (χ2n) is 6.24. The molecular weight excluding hydrogens is 264 g/mol. The molecular formula is C17H26N2O2. The highest BCUT2D eigenvalue weighted by Crippen LogP contribution is 2.18. The maximum Gasteiger partial charge on any atom is 0.310 e. The zero-order valence-electron chi connectivity index (χ0n) is 13.2.